The maximum atomic E-state index is 14.4. The Morgan fingerprint density at radius 3 is 2.40 bits per heavy atom. The van der Waals surface area contributed by atoms with E-state index < -0.39 is 0 Å². The molecule has 0 spiro atoms. The Labute approximate surface area is 245 Å². The van der Waals surface area contributed by atoms with Crippen molar-refractivity contribution in [3.05, 3.63) is 106 Å². The van der Waals surface area contributed by atoms with Gasteiger partial charge in [-0.2, -0.15) is 0 Å². The first-order valence-corrected chi connectivity index (χ1v) is 14.3. The summed E-state index contributed by atoms with van der Waals surface area (Å²) in [6, 6.07) is 24.8. The second kappa shape index (κ2) is 12.9. The minimum atomic E-state index is -0.367. The van der Waals surface area contributed by atoms with Crippen LogP contribution < -0.4 is 21.5 Å². The molecule has 1 saturated heterocycles. The minimum absolute atomic E-state index is 0.0337. The number of primary amides is 1. The molecule has 0 saturated carbocycles. The Hall–Kier alpha value is -4.63. The van der Waals surface area contributed by atoms with Gasteiger partial charge in [-0.15, -0.1) is 0 Å². The number of piperazine rings is 1. The summed E-state index contributed by atoms with van der Waals surface area (Å²) in [5.41, 5.74) is 9.23. The fourth-order valence-corrected chi connectivity index (χ4v) is 5.38. The number of ether oxygens (including phenoxy) is 1. The quantitative estimate of drug-likeness (QED) is 0.304. The average molecular weight is 568 g/mol. The lowest BCUT2D eigenvalue weighted by Crippen LogP contribution is -2.47. The molecule has 2 amide bonds. The summed E-state index contributed by atoms with van der Waals surface area (Å²) < 4.78 is 9.21. The predicted octanol–water partition coefficient (Wildman–Crippen LogP) is 3.60. The van der Waals surface area contributed by atoms with Crippen LogP contribution in [0.25, 0.3) is 16.9 Å². The first-order chi connectivity index (χ1) is 20.3. The molecule has 0 bridgehead atoms. The number of aromatic nitrogens is 2. The van der Waals surface area contributed by atoms with E-state index in [4.69, 9.17) is 10.5 Å². The molecule has 1 fully saturated rings. The minimum Gasteiger partial charge on any atom is -0.493 e. The van der Waals surface area contributed by atoms with Gasteiger partial charge in [0.2, 0.25) is 5.91 Å². The van der Waals surface area contributed by atoms with Crippen LogP contribution in [0.5, 0.6) is 5.75 Å². The molecule has 3 aromatic carbocycles. The van der Waals surface area contributed by atoms with E-state index >= 15 is 0 Å². The number of carbonyl (C=O) groups is 2. The van der Waals surface area contributed by atoms with E-state index in [9.17, 15) is 14.4 Å². The second-order valence-corrected chi connectivity index (χ2v) is 10.8. The predicted molar refractivity (Wildman–Crippen MR) is 163 cm³/mol. The van der Waals surface area contributed by atoms with Crippen molar-refractivity contribution in [3.8, 4) is 22.7 Å². The van der Waals surface area contributed by atoms with Gasteiger partial charge in [-0.1, -0.05) is 67.6 Å². The molecular formula is C33H37N5O4. The standard InChI is InChI=1S/C33H37N5O4/c1-23(19-29(34)39)22-42-27-13-8-10-25(20-27)21-37-31(32(40)36-17-15-35-16-18-36)30(26-11-4-3-5-12-26)38(33(37)41)28-14-7-6-9-24(28)2/h3-14,20,23,35H,15-19,21-22H2,1-2H3,(H2,34,39). The molecule has 1 aliphatic heterocycles. The zero-order valence-electron chi connectivity index (χ0n) is 24.1. The number of hydrogen-bond acceptors (Lipinski definition) is 5. The monoisotopic (exact) mass is 567 g/mol. The zero-order chi connectivity index (χ0) is 29.6. The van der Waals surface area contributed by atoms with Crippen LogP contribution in [-0.2, 0) is 11.3 Å². The smallest absolute Gasteiger partial charge is 0.334 e. The second-order valence-electron chi connectivity index (χ2n) is 10.8. The summed E-state index contributed by atoms with van der Waals surface area (Å²) >= 11 is 0. The van der Waals surface area contributed by atoms with Gasteiger partial charge < -0.3 is 20.7 Å². The van der Waals surface area contributed by atoms with E-state index in [1.807, 2.05) is 97.6 Å². The molecule has 218 valence electrons. The van der Waals surface area contributed by atoms with Crippen LogP contribution in [0.15, 0.2) is 83.7 Å². The number of imidazole rings is 1. The van der Waals surface area contributed by atoms with Gasteiger partial charge in [0.25, 0.3) is 5.91 Å². The summed E-state index contributed by atoms with van der Waals surface area (Å²) in [4.78, 5) is 41.8. The highest BCUT2D eigenvalue weighted by molar-refractivity contribution is 5.99. The van der Waals surface area contributed by atoms with Crippen LogP contribution in [0.1, 0.15) is 35.0 Å². The first-order valence-electron chi connectivity index (χ1n) is 14.3. The number of nitrogens with zero attached hydrogens (tertiary/aromatic N) is 3. The van der Waals surface area contributed by atoms with Crippen LogP contribution >= 0.6 is 0 Å². The topological polar surface area (TPSA) is 112 Å². The van der Waals surface area contributed by atoms with Gasteiger partial charge in [0.05, 0.1) is 24.5 Å². The van der Waals surface area contributed by atoms with Crippen molar-refractivity contribution in [2.24, 2.45) is 11.7 Å². The van der Waals surface area contributed by atoms with E-state index in [0.29, 0.717) is 49.9 Å². The molecule has 1 aliphatic rings. The fraction of sp³-hybridized carbons (Fsp3) is 0.303. The highest BCUT2D eigenvalue weighted by Gasteiger charge is 2.31. The van der Waals surface area contributed by atoms with E-state index in [1.54, 1.807) is 9.13 Å². The van der Waals surface area contributed by atoms with Gasteiger partial charge in [-0.25, -0.2) is 4.79 Å². The van der Waals surface area contributed by atoms with E-state index in [0.717, 1.165) is 22.4 Å². The van der Waals surface area contributed by atoms with Gasteiger partial charge in [-0.05, 0) is 42.2 Å². The van der Waals surface area contributed by atoms with Crippen molar-refractivity contribution >= 4 is 11.8 Å². The molecule has 9 heteroatoms. The molecule has 2 heterocycles. The summed E-state index contributed by atoms with van der Waals surface area (Å²) in [6.45, 7) is 6.89. The third-order valence-electron chi connectivity index (χ3n) is 7.47. The van der Waals surface area contributed by atoms with Gasteiger partial charge in [0.1, 0.15) is 11.4 Å². The van der Waals surface area contributed by atoms with Crippen molar-refractivity contribution in [2.45, 2.75) is 26.8 Å². The number of benzene rings is 3. The normalized spacial score (nSPS) is 14.0. The van der Waals surface area contributed by atoms with Crippen LogP contribution in [0.4, 0.5) is 0 Å². The lowest BCUT2D eigenvalue weighted by molar-refractivity contribution is -0.119. The Bertz CT molecular complexity index is 1620. The van der Waals surface area contributed by atoms with Gasteiger partial charge in [-0.3, -0.25) is 18.7 Å². The molecule has 0 radical (unpaired) electrons. The Balaban J connectivity index is 1.63. The lowest BCUT2D eigenvalue weighted by atomic mass is 10.1. The van der Waals surface area contributed by atoms with Crippen LogP contribution in [0.3, 0.4) is 0 Å². The number of para-hydroxylation sites is 1. The van der Waals surface area contributed by atoms with Crippen LogP contribution in [0, 0.1) is 12.8 Å². The maximum absolute atomic E-state index is 14.4. The molecule has 1 aromatic heterocycles. The Kier molecular flexibility index (Phi) is 8.88. The molecule has 4 aromatic rings. The highest BCUT2D eigenvalue weighted by atomic mass is 16.5. The highest BCUT2D eigenvalue weighted by Crippen LogP contribution is 2.29. The number of rotatable bonds is 10. The number of hydrogen-bond donors (Lipinski definition) is 2. The lowest BCUT2D eigenvalue weighted by Gasteiger charge is -2.28. The number of carbonyl (C=O) groups excluding carboxylic acids is 2. The summed E-state index contributed by atoms with van der Waals surface area (Å²) in [5, 5.41) is 3.30. The third kappa shape index (κ3) is 6.31. The molecule has 0 aliphatic carbocycles. The molecular weight excluding hydrogens is 530 g/mol. The first kappa shape index (κ1) is 28.9. The number of amides is 2. The molecule has 1 unspecified atom stereocenters. The summed E-state index contributed by atoms with van der Waals surface area (Å²) in [5.74, 6) is 0.0443. The van der Waals surface area contributed by atoms with E-state index in [1.165, 1.54) is 0 Å². The number of nitrogens with one attached hydrogen (secondary N) is 1. The van der Waals surface area contributed by atoms with E-state index in [2.05, 4.69) is 5.32 Å². The maximum Gasteiger partial charge on any atom is 0.334 e. The van der Waals surface area contributed by atoms with Crippen molar-refractivity contribution < 1.29 is 14.3 Å². The largest absolute Gasteiger partial charge is 0.493 e. The number of aryl methyl sites for hydroxylation is 1. The van der Waals surface area contributed by atoms with Gasteiger partial charge in [0, 0.05) is 38.2 Å². The summed E-state index contributed by atoms with van der Waals surface area (Å²) in [6.07, 6.45) is 0.237. The zero-order valence-corrected chi connectivity index (χ0v) is 24.1. The average Bonchev–Trinajstić information content (AvgIpc) is 3.28. The molecule has 42 heavy (non-hydrogen) atoms. The van der Waals surface area contributed by atoms with Crippen molar-refractivity contribution in [1.82, 2.24) is 19.4 Å². The number of nitrogens with two attached hydrogens (primary N) is 1. The Morgan fingerprint density at radius 1 is 0.976 bits per heavy atom. The van der Waals surface area contributed by atoms with Crippen molar-refractivity contribution in [2.75, 3.05) is 32.8 Å². The Morgan fingerprint density at radius 2 is 1.69 bits per heavy atom. The molecule has 1 atom stereocenters. The van der Waals surface area contributed by atoms with Gasteiger partial charge in [0.15, 0.2) is 0 Å². The van der Waals surface area contributed by atoms with Crippen LogP contribution in [0.2, 0.25) is 0 Å². The van der Waals surface area contributed by atoms with Crippen molar-refractivity contribution in [1.29, 1.82) is 0 Å². The SMILES string of the molecule is Cc1ccccc1-n1c(-c2ccccc2)c(C(=O)N2CCNCC2)n(Cc2cccc(OCC(C)CC(N)=O)c2)c1=O. The summed E-state index contributed by atoms with van der Waals surface area (Å²) in [7, 11) is 0. The molecule has 9 nitrogen and oxygen atoms in total. The molecule has 5 rings (SSSR count). The van der Waals surface area contributed by atoms with Crippen LogP contribution in [-0.4, -0.2) is 58.6 Å². The third-order valence-corrected chi connectivity index (χ3v) is 7.47. The van der Waals surface area contributed by atoms with Gasteiger partial charge >= 0.3 is 5.69 Å². The fourth-order valence-electron chi connectivity index (χ4n) is 5.38. The van der Waals surface area contributed by atoms with Crippen molar-refractivity contribution in [3.63, 3.8) is 0 Å². The molecule has 3 N–H and O–H groups in total. The van der Waals surface area contributed by atoms with E-state index in [-0.39, 0.29) is 36.4 Å².